The molecular weight excluding hydrogens is 120 g/mol. The van der Waals surface area contributed by atoms with Crippen molar-refractivity contribution in [1.29, 1.82) is 0 Å². The van der Waals surface area contributed by atoms with Crippen molar-refractivity contribution in [3.63, 3.8) is 0 Å². The molecule has 0 radical (unpaired) electrons. The molecule has 0 aromatic heterocycles. The van der Waals surface area contributed by atoms with Gasteiger partial charge in [0.05, 0.1) is 0 Å². The van der Waals surface area contributed by atoms with E-state index in [-0.39, 0.29) is 0 Å². The van der Waals surface area contributed by atoms with Crippen molar-refractivity contribution in [2.45, 2.75) is 32.6 Å². The zero-order valence-corrected chi connectivity index (χ0v) is 6.77. The average molecular weight is 136 g/mol. The van der Waals surface area contributed by atoms with Crippen molar-refractivity contribution in [1.82, 2.24) is 0 Å². The van der Waals surface area contributed by atoms with E-state index >= 15 is 0 Å². The molecule has 0 nitrogen and oxygen atoms in total. The van der Waals surface area contributed by atoms with Gasteiger partial charge in [-0.05, 0) is 38.7 Å². The fourth-order valence-electron chi connectivity index (χ4n) is 0.777. The number of hydrogen-bond donors (Lipinski definition) is 0. The van der Waals surface area contributed by atoms with Crippen LogP contribution in [0.2, 0.25) is 0 Å². The maximum Gasteiger partial charge on any atom is -0.0274 e. The second-order valence-corrected chi connectivity index (χ2v) is 2.26. The fourth-order valence-corrected chi connectivity index (χ4v) is 0.777. The number of unbranched alkanes of at least 4 members (excludes halogenated alkanes) is 3. The van der Waals surface area contributed by atoms with Crippen molar-refractivity contribution in [3.05, 3.63) is 30.5 Å². The molecule has 0 aromatic rings. The lowest BCUT2D eigenvalue weighted by atomic mass is 10.2. The Bertz CT molecular complexity index is 125. The Kier molecular flexibility index (Phi) is 7.65. The minimum atomic E-state index is 1.13. The zero-order chi connectivity index (χ0) is 7.66. The summed E-state index contributed by atoms with van der Waals surface area (Å²) in [6.45, 7) is 5.56. The molecule has 0 saturated carbocycles. The summed E-state index contributed by atoms with van der Waals surface area (Å²) in [5, 5.41) is 0. The molecule has 0 unspecified atom stereocenters. The maximum absolute atomic E-state index is 3.50. The van der Waals surface area contributed by atoms with Crippen LogP contribution in [0.3, 0.4) is 0 Å². The van der Waals surface area contributed by atoms with E-state index in [4.69, 9.17) is 0 Å². The largest absolute Gasteiger partial charge is 0.133 e. The molecule has 0 amide bonds. The van der Waals surface area contributed by atoms with Gasteiger partial charge in [0.25, 0.3) is 0 Å². The summed E-state index contributed by atoms with van der Waals surface area (Å²) in [4.78, 5) is 0. The maximum atomic E-state index is 3.50. The molecule has 56 valence electrons. The molecule has 0 atom stereocenters. The molecule has 0 fully saturated rings. The molecule has 0 spiro atoms. The third-order valence-electron chi connectivity index (χ3n) is 1.35. The van der Waals surface area contributed by atoms with Crippen LogP contribution in [0.25, 0.3) is 0 Å². The lowest BCUT2D eigenvalue weighted by molar-refractivity contribution is 0.762. The van der Waals surface area contributed by atoms with Gasteiger partial charge in [0.1, 0.15) is 0 Å². The summed E-state index contributed by atoms with van der Waals surface area (Å²) < 4.78 is 0. The summed E-state index contributed by atoms with van der Waals surface area (Å²) >= 11 is 0. The Morgan fingerprint density at radius 2 is 2.00 bits per heavy atom. The van der Waals surface area contributed by atoms with Gasteiger partial charge < -0.3 is 0 Å². The topological polar surface area (TPSA) is 0 Å². The van der Waals surface area contributed by atoms with Gasteiger partial charge >= 0.3 is 0 Å². The quantitative estimate of drug-likeness (QED) is 0.308. The van der Waals surface area contributed by atoms with Crippen LogP contribution in [-0.4, -0.2) is 0 Å². The second-order valence-electron chi connectivity index (χ2n) is 2.26. The first kappa shape index (κ1) is 9.26. The lowest BCUT2D eigenvalue weighted by Gasteiger charge is -1.90. The van der Waals surface area contributed by atoms with Crippen LogP contribution >= 0.6 is 0 Å². The van der Waals surface area contributed by atoms with Crippen LogP contribution in [0.4, 0.5) is 0 Å². The molecule has 0 aliphatic heterocycles. The Hall–Kier alpha value is -0.740. The predicted molar refractivity (Wildman–Crippen MR) is 47.0 cm³/mol. The van der Waals surface area contributed by atoms with Gasteiger partial charge in [-0.3, -0.25) is 0 Å². The molecular formula is C10H16. The summed E-state index contributed by atoms with van der Waals surface area (Å²) in [5.74, 6) is 0. The highest BCUT2D eigenvalue weighted by Gasteiger charge is 1.80. The lowest BCUT2D eigenvalue weighted by Crippen LogP contribution is -1.70. The Morgan fingerprint density at radius 1 is 1.30 bits per heavy atom. The molecule has 0 aromatic carbocycles. The molecule has 0 rings (SSSR count). The van der Waals surface area contributed by atoms with Gasteiger partial charge in [-0.15, -0.1) is 5.73 Å². The molecule has 0 N–H and O–H groups in total. The highest BCUT2D eigenvalue weighted by Crippen LogP contribution is 2.00. The van der Waals surface area contributed by atoms with E-state index in [1.807, 2.05) is 6.08 Å². The van der Waals surface area contributed by atoms with Crippen LogP contribution in [0.1, 0.15) is 32.6 Å². The highest BCUT2D eigenvalue weighted by atomic mass is 13.9. The first-order valence-corrected chi connectivity index (χ1v) is 3.87. The molecule has 0 aliphatic carbocycles. The molecule has 0 heteroatoms. The van der Waals surface area contributed by atoms with Crippen LogP contribution in [0, 0.1) is 0 Å². The second kappa shape index (κ2) is 8.26. The van der Waals surface area contributed by atoms with Gasteiger partial charge in [0.2, 0.25) is 0 Å². The highest BCUT2D eigenvalue weighted by molar-refractivity contribution is 4.78. The molecule has 0 saturated heterocycles. The van der Waals surface area contributed by atoms with E-state index in [2.05, 4.69) is 31.4 Å². The average Bonchev–Trinajstić information content (AvgIpc) is 1.97. The first-order chi connectivity index (χ1) is 4.91. The number of hydrogen-bond acceptors (Lipinski definition) is 0. The van der Waals surface area contributed by atoms with Crippen molar-refractivity contribution < 1.29 is 0 Å². The summed E-state index contributed by atoms with van der Waals surface area (Å²) in [7, 11) is 0. The van der Waals surface area contributed by atoms with E-state index in [1.54, 1.807) is 0 Å². The van der Waals surface area contributed by atoms with E-state index in [1.165, 1.54) is 19.3 Å². The minimum Gasteiger partial charge on any atom is -0.133 e. The zero-order valence-electron chi connectivity index (χ0n) is 6.77. The summed E-state index contributed by atoms with van der Waals surface area (Å²) in [6, 6.07) is 0. The van der Waals surface area contributed by atoms with E-state index in [9.17, 15) is 0 Å². The normalized spacial score (nSPS) is 9.70. The smallest absolute Gasteiger partial charge is 0.0274 e. The van der Waals surface area contributed by atoms with E-state index in [0.29, 0.717) is 0 Å². The third-order valence-corrected chi connectivity index (χ3v) is 1.35. The molecule has 10 heavy (non-hydrogen) atoms. The Labute approximate surface area is 64.0 Å². The van der Waals surface area contributed by atoms with E-state index < -0.39 is 0 Å². The first-order valence-electron chi connectivity index (χ1n) is 3.87. The SMILES string of the molecule is C=C=CCCCCC=CC. The van der Waals surface area contributed by atoms with Crippen LogP contribution in [-0.2, 0) is 0 Å². The van der Waals surface area contributed by atoms with E-state index in [0.717, 1.165) is 6.42 Å². The van der Waals surface area contributed by atoms with Crippen LogP contribution in [0.15, 0.2) is 30.5 Å². The minimum absolute atomic E-state index is 1.13. The van der Waals surface area contributed by atoms with Crippen molar-refractivity contribution in [2.24, 2.45) is 0 Å². The van der Waals surface area contributed by atoms with Crippen molar-refractivity contribution in [3.8, 4) is 0 Å². The predicted octanol–water partition coefficient (Wildman–Crippen LogP) is 3.46. The standard InChI is InChI=1S/C10H16/c1-3-5-7-9-10-8-6-4-2/h4-6H,1,7-10H2,2H3. The summed E-state index contributed by atoms with van der Waals surface area (Å²) in [5.41, 5.74) is 2.77. The van der Waals surface area contributed by atoms with Gasteiger partial charge in [-0.2, -0.15) is 0 Å². The van der Waals surface area contributed by atoms with Crippen LogP contribution < -0.4 is 0 Å². The Morgan fingerprint density at radius 3 is 2.60 bits per heavy atom. The molecule has 0 aliphatic rings. The van der Waals surface area contributed by atoms with Gasteiger partial charge in [0.15, 0.2) is 0 Å². The monoisotopic (exact) mass is 136 g/mol. The van der Waals surface area contributed by atoms with Crippen molar-refractivity contribution in [2.75, 3.05) is 0 Å². The number of rotatable bonds is 5. The third kappa shape index (κ3) is 7.26. The summed E-state index contributed by atoms with van der Waals surface area (Å²) in [6.07, 6.45) is 11.2. The number of allylic oxidation sites excluding steroid dienone is 3. The van der Waals surface area contributed by atoms with Gasteiger partial charge in [0, 0.05) is 0 Å². The Balaban J connectivity index is 2.97. The molecule has 0 bridgehead atoms. The van der Waals surface area contributed by atoms with Gasteiger partial charge in [-0.1, -0.05) is 18.7 Å². The van der Waals surface area contributed by atoms with Crippen LogP contribution in [0.5, 0.6) is 0 Å². The fraction of sp³-hybridized carbons (Fsp3) is 0.500. The van der Waals surface area contributed by atoms with Gasteiger partial charge in [-0.25, -0.2) is 0 Å². The van der Waals surface area contributed by atoms with Crippen molar-refractivity contribution >= 4 is 0 Å². The molecule has 0 heterocycles.